The molecule has 1 aliphatic heterocycles. The third-order valence-electron chi connectivity index (χ3n) is 4.71. The zero-order chi connectivity index (χ0) is 13.7. The van der Waals surface area contributed by atoms with Crippen molar-refractivity contribution in [2.24, 2.45) is 13.0 Å². The molecule has 0 saturated heterocycles. The van der Waals surface area contributed by atoms with E-state index in [1.165, 1.54) is 25.8 Å². The number of thiophene rings is 1. The highest BCUT2D eigenvalue weighted by atomic mass is 32.1. The van der Waals surface area contributed by atoms with E-state index in [0.717, 1.165) is 17.4 Å². The van der Waals surface area contributed by atoms with Crippen LogP contribution in [0, 0.1) is 10.7 Å². The second-order valence-corrected chi connectivity index (χ2v) is 7.46. The Kier molecular flexibility index (Phi) is 3.09. The Hall–Kier alpha value is -0.910. The quantitative estimate of drug-likeness (QED) is 0.859. The molecule has 0 spiro atoms. The van der Waals surface area contributed by atoms with Crippen molar-refractivity contribution in [3.8, 4) is 0 Å². The molecular weight excluding hydrogens is 286 g/mol. The van der Waals surface area contributed by atoms with E-state index in [9.17, 15) is 0 Å². The van der Waals surface area contributed by atoms with Crippen LogP contribution in [0.3, 0.4) is 0 Å². The molecule has 2 aromatic rings. The van der Waals surface area contributed by atoms with Crippen LogP contribution in [0.4, 0.5) is 0 Å². The first kappa shape index (κ1) is 12.8. The van der Waals surface area contributed by atoms with E-state index in [2.05, 4.69) is 28.4 Å². The highest BCUT2D eigenvalue weighted by Gasteiger charge is 2.43. The molecule has 5 heteroatoms. The second kappa shape index (κ2) is 4.83. The summed E-state index contributed by atoms with van der Waals surface area (Å²) in [5.41, 5.74) is 1.63. The van der Waals surface area contributed by atoms with Crippen molar-refractivity contribution in [1.82, 2.24) is 9.13 Å². The summed E-state index contributed by atoms with van der Waals surface area (Å²) in [6.45, 7) is 2.25. The average molecular weight is 306 g/mol. The maximum atomic E-state index is 5.49. The van der Waals surface area contributed by atoms with Gasteiger partial charge in [0, 0.05) is 42.2 Å². The summed E-state index contributed by atoms with van der Waals surface area (Å²) in [6, 6.07) is 3.07. The van der Waals surface area contributed by atoms with Crippen LogP contribution in [-0.4, -0.2) is 15.7 Å². The number of imidazole rings is 1. The van der Waals surface area contributed by atoms with Crippen LogP contribution >= 0.6 is 23.6 Å². The molecular formula is C15H20N3S2+. The lowest BCUT2D eigenvalue weighted by Gasteiger charge is -2.33. The van der Waals surface area contributed by atoms with Crippen LogP contribution in [0.1, 0.15) is 29.3 Å². The van der Waals surface area contributed by atoms with Gasteiger partial charge in [-0.15, -0.1) is 11.3 Å². The number of rotatable bonds is 3. The molecule has 0 aromatic carbocycles. The molecule has 3 nitrogen and oxygen atoms in total. The third kappa shape index (κ3) is 2.08. The van der Waals surface area contributed by atoms with Gasteiger partial charge in [-0.05, 0) is 36.5 Å². The SMILES string of the molecule is Cn1ccn(C[NH+]2CCc3sccc3[C@H]2C2CC2)c1=S. The number of nitrogens with zero attached hydrogens (tertiary/aromatic N) is 2. The Morgan fingerprint density at radius 3 is 2.95 bits per heavy atom. The normalized spacial score (nSPS) is 25.6. The second-order valence-electron chi connectivity index (χ2n) is 6.09. The van der Waals surface area contributed by atoms with Crippen molar-refractivity contribution < 1.29 is 4.90 Å². The molecule has 106 valence electrons. The predicted molar refractivity (Wildman–Crippen MR) is 83.6 cm³/mol. The van der Waals surface area contributed by atoms with Crippen LogP contribution in [0.2, 0.25) is 0 Å². The fourth-order valence-electron chi connectivity index (χ4n) is 3.52. The molecule has 0 amide bonds. The summed E-state index contributed by atoms with van der Waals surface area (Å²) < 4.78 is 5.20. The largest absolute Gasteiger partial charge is 0.327 e. The molecule has 1 unspecified atom stereocenters. The Morgan fingerprint density at radius 1 is 1.40 bits per heavy atom. The topological polar surface area (TPSA) is 14.3 Å². The number of hydrogen-bond acceptors (Lipinski definition) is 2. The van der Waals surface area contributed by atoms with Gasteiger partial charge >= 0.3 is 0 Å². The van der Waals surface area contributed by atoms with Gasteiger partial charge in [-0.25, -0.2) is 0 Å². The molecule has 1 aliphatic carbocycles. The van der Waals surface area contributed by atoms with E-state index in [0.29, 0.717) is 6.04 Å². The van der Waals surface area contributed by atoms with Crippen molar-refractivity contribution in [2.45, 2.75) is 32.0 Å². The molecule has 2 aromatic heterocycles. The lowest BCUT2D eigenvalue weighted by molar-refractivity contribution is -0.957. The van der Waals surface area contributed by atoms with Crippen molar-refractivity contribution in [3.63, 3.8) is 0 Å². The number of hydrogen-bond donors (Lipinski definition) is 1. The Morgan fingerprint density at radius 2 is 2.25 bits per heavy atom. The summed E-state index contributed by atoms with van der Waals surface area (Å²) >= 11 is 7.44. The summed E-state index contributed by atoms with van der Waals surface area (Å²) in [4.78, 5) is 3.32. The van der Waals surface area contributed by atoms with E-state index < -0.39 is 0 Å². The molecule has 20 heavy (non-hydrogen) atoms. The van der Waals surface area contributed by atoms with Crippen LogP contribution < -0.4 is 4.90 Å². The number of quaternary nitrogens is 1. The zero-order valence-electron chi connectivity index (χ0n) is 11.7. The van der Waals surface area contributed by atoms with Gasteiger partial charge in [0.25, 0.3) is 0 Å². The molecule has 2 aliphatic rings. The highest BCUT2D eigenvalue weighted by Crippen LogP contribution is 2.42. The van der Waals surface area contributed by atoms with Gasteiger partial charge in [-0.1, -0.05) is 0 Å². The first-order valence-electron chi connectivity index (χ1n) is 7.36. The summed E-state index contributed by atoms with van der Waals surface area (Å²) in [6.07, 6.45) is 8.23. The van der Waals surface area contributed by atoms with Gasteiger partial charge in [0.2, 0.25) is 0 Å². The lowest BCUT2D eigenvalue weighted by Crippen LogP contribution is -3.13. The van der Waals surface area contributed by atoms with Gasteiger partial charge < -0.3 is 9.47 Å². The van der Waals surface area contributed by atoms with Crippen LogP contribution in [-0.2, 0) is 20.1 Å². The standard InChI is InChI=1S/C15H19N3S2/c1-16-7-8-18(15(16)19)10-17-6-4-13-12(5-9-20-13)14(17)11-2-3-11/h5,7-9,11,14H,2-4,6,10H2,1H3/p+1/t14-/m1/s1. The lowest BCUT2D eigenvalue weighted by atomic mass is 9.96. The number of aryl methyl sites for hydroxylation is 1. The van der Waals surface area contributed by atoms with E-state index >= 15 is 0 Å². The van der Waals surface area contributed by atoms with E-state index in [-0.39, 0.29) is 0 Å². The number of fused-ring (bicyclic) bond motifs is 1. The first-order valence-corrected chi connectivity index (χ1v) is 8.65. The van der Waals surface area contributed by atoms with Crippen molar-refractivity contribution in [1.29, 1.82) is 0 Å². The van der Waals surface area contributed by atoms with Crippen molar-refractivity contribution in [2.75, 3.05) is 6.54 Å². The van der Waals surface area contributed by atoms with Crippen LogP contribution in [0.5, 0.6) is 0 Å². The number of aromatic nitrogens is 2. The van der Waals surface area contributed by atoms with E-state index in [1.54, 1.807) is 15.3 Å². The smallest absolute Gasteiger partial charge is 0.183 e. The molecule has 2 atom stereocenters. The highest BCUT2D eigenvalue weighted by molar-refractivity contribution is 7.71. The van der Waals surface area contributed by atoms with Gasteiger partial charge in [0.15, 0.2) is 11.4 Å². The Bertz CT molecular complexity index is 677. The Labute approximate surface area is 128 Å². The minimum atomic E-state index is 0.701. The monoisotopic (exact) mass is 306 g/mol. The van der Waals surface area contributed by atoms with Gasteiger partial charge in [-0.2, -0.15) is 0 Å². The third-order valence-corrected chi connectivity index (χ3v) is 6.23. The summed E-state index contributed by atoms with van der Waals surface area (Å²) in [7, 11) is 2.03. The maximum absolute atomic E-state index is 5.49. The van der Waals surface area contributed by atoms with Crippen molar-refractivity contribution in [3.05, 3.63) is 39.1 Å². The van der Waals surface area contributed by atoms with Gasteiger partial charge in [0.1, 0.15) is 6.04 Å². The van der Waals surface area contributed by atoms with Crippen LogP contribution in [0.15, 0.2) is 23.8 Å². The van der Waals surface area contributed by atoms with E-state index in [4.69, 9.17) is 12.2 Å². The zero-order valence-corrected chi connectivity index (χ0v) is 13.3. The first-order chi connectivity index (χ1) is 9.74. The fraction of sp³-hybridized carbons (Fsp3) is 0.533. The molecule has 0 bridgehead atoms. The summed E-state index contributed by atoms with van der Waals surface area (Å²) in [5, 5.41) is 2.27. The Balaban J connectivity index is 1.64. The minimum absolute atomic E-state index is 0.701. The predicted octanol–water partition coefficient (Wildman–Crippen LogP) is 2.17. The minimum Gasteiger partial charge on any atom is -0.327 e. The van der Waals surface area contributed by atoms with Gasteiger partial charge in [-0.3, -0.25) is 4.57 Å². The average Bonchev–Trinajstić information content (AvgIpc) is 3.09. The van der Waals surface area contributed by atoms with Gasteiger partial charge in [0.05, 0.1) is 6.54 Å². The molecule has 4 rings (SSSR count). The molecule has 1 saturated carbocycles. The molecule has 0 radical (unpaired) electrons. The number of nitrogens with one attached hydrogen (secondary N) is 1. The van der Waals surface area contributed by atoms with Crippen LogP contribution in [0.25, 0.3) is 0 Å². The summed E-state index contributed by atoms with van der Waals surface area (Å²) in [5.74, 6) is 0.900. The molecule has 3 heterocycles. The van der Waals surface area contributed by atoms with E-state index in [1.807, 2.05) is 23.0 Å². The molecule has 1 fully saturated rings. The molecule has 1 N–H and O–H groups in total. The van der Waals surface area contributed by atoms with Crippen molar-refractivity contribution >= 4 is 23.6 Å². The maximum Gasteiger partial charge on any atom is 0.183 e. The fourth-order valence-corrected chi connectivity index (χ4v) is 4.64.